The van der Waals surface area contributed by atoms with Gasteiger partial charge in [0.15, 0.2) is 17.7 Å². The van der Waals surface area contributed by atoms with Gasteiger partial charge in [-0.1, -0.05) is 19.8 Å². The fourth-order valence-electron chi connectivity index (χ4n) is 3.01. The highest BCUT2D eigenvalue weighted by Gasteiger charge is 2.44. The number of nitrogens with zero attached hydrogens (tertiary/aromatic N) is 4. The third-order valence-corrected chi connectivity index (χ3v) is 4.56. The highest BCUT2D eigenvalue weighted by molar-refractivity contribution is 5.95. The fourth-order valence-corrected chi connectivity index (χ4v) is 3.01. The maximum Gasteiger partial charge on any atom is 0.209 e. The molecule has 0 aliphatic carbocycles. The van der Waals surface area contributed by atoms with Crippen molar-refractivity contribution in [3.05, 3.63) is 12.2 Å². The molecule has 0 aromatic carbocycles. The largest absolute Gasteiger partial charge is 0.394 e. The number of hydrogen-bond acceptors (Lipinski definition) is 9. The number of anilines is 1. The predicted octanol–water partition coefficient (Wildman–Crippen LogP) is -0.479. The van der Waals surface area contributed by atoms with Crippen LogP contribution in [0.15, 0.2) is 6.33 Å². The minimum atomic E-state index is -1.29. The standard InChI is InChI=1S/C18H23N5O5/c1-2-3-4-5-10(25)6-7-12-21-16(19)13-17(22-12)23(9-20-13)18-15(27)14(26)11(8-24)28-18/h9,11,14-15,18,24,26-27H,2-5,8H2,1H3,(H2,19,21,22)/t11-,14?,15?,18-/m1/s1. The van der Waals surface area contributed by atoms with Crippen LogP contribution in [0, 0.1) is 11.8 Å². The Morgan fingerprint density at radius 1 is 1.32 bits per heavy atom. The van der Waals surface area contributed by atoms with E-state index in [0.717, 1.165) is 19.3 Å². The topological polar surface area (TPSA) is 157 Å². The van der Waals surface area contributed by atoms with Gasteiger partial charge in [-0.15, -0.1) is 0 Å². The molecule has 10 heteroatoms. The summed E-state index contributed by atoms with van der Waals surface area (Å²) in [6.07, 6.45) is -0.00712. The Hall–Kier alpha value is -2.58. The van der Waals surface area contributed by atoms with Crippen molar-refractivity contribution in [2.24, 2.45) is 0 Å². The number of Topliss-reactive ketones (excluding diaryl/α,β-unsaturated/α-hetero) is 1. The first-order valence-electron chi connectivity index (χ1n) is 9.13. The Morgan fingerprint density at radius 2 is 2.11 bits per heavy atom. The van der Waals surface area contributed by atoms with Crippen LogP contribution in [-0.2, 0) is 9.53 Å². The van der Waals surface area contributed by atoms with Crippen LogP contribution in [0.25, 0.3) is 11.2 Å². The molecule has 28 heavy (non-hydrogen) atoms. The van der Waals surface area contributed by atoms with Gasteiger partial charge in [-0.25, -0.2) is 15.0 Å². The van der Waals surface area contributed by atoms with Crippen molar-refractivity contribution in [1.82, 2.24) is 19.5 Å². The van der Waals surface area contributed by atoms with Gasteiger partial charge in [0.25, 0.3) is 0 Å². The number of carbonyl (C=O) groups excluding carboxylic acids is 1. The molecule has 0 saturated carbocycles. The summed E-state index contributed by atoms with van der Waals surface area (Å²) in [6.45, 7) is 1.60. The Balaban J connectivity index is 1.89. The molecule has 1 saturated heterocycles. The zero-order valence-corrected chi connectivity index (χ0v) is 15.4. The lowest BCUT2D eigenvalue weighted by Gasteiger charge is -2.16. The highest BCUT2D eigenvalue weighted by atomic mass is 16.6. The first kappa shape index (κ1) is 20.2. The molecule has 2 unspecified atom stereocenters. The molecule has 1 aliphatic heterocycles. The first-order valence-corrected chi connectivity index (χ1v) is 9.13. The summed E-state index contributed by atoms with van der Waals surface area (Å²) in [5.74, 6) is 5.04. The van der Waals surface area contributed by atoms with Gasteiger partial charge in [0.05, 0.1) is 12.9 Å². The Labute approximate surface area is 161 Å². The van der Waals surface area contributed by atoms with E-state index < -0.39 is 31.1 Å². The summed E-state index contributed by atoms with van der Waals surface area (Å²) in [6, 6.07) is 0. The smallest absolute Gasteiger partial charge is 0.209 e. The average molecular weight is 389 g/mol. The summed E-state index contributed by atoms with van der Waals surface area (Å²) < 4.78 is 6.90. The van der Waals surface area contributed by atoms with E-state index in [-0.39, 0.29) is 28.6 Å². The van der Waals surface area contributed by atoms with Crippen LogP contribution in [0.1, 0.15) is 44.7 Å². The molecule has 5 N–H and O–H groups in total. The number of aliphatic hydroxyl groups is 3. The molecule has 150 valence electrons. The minimum Gasteiger partial charge on any atom is -0.394 e. The fraction of sp³-hybridized carbons (Fsp3) is 0.556. The molecule has 0 bridgehead atoms. The van der Waals surface area contributed by atoms with Crippen LogP contribution >= 0.6 is 0 Å². The third kappa shape index (κ3) is 3.98. The summed E-state index contributed by atoms with van der Waals surface area (Å²) in [5.41, 5.74) is 6.43. The van der Waals surface area contributed by atoms with E-state index in [1.54, 1.807) is 0 Å². The molecule has 1 fully saturated rings. The van der Waals surface area contributed by atoms with Gasteiger partial charge in [0, 0.05) is 6.42 Å². The molecule has 3 heterocycles. The molecular weight excluding hydrogens is 366 g/mol. The van der Waals surface area contributed by atoms with Gasteiger partial charge in [-0.3, -0.25) is 9.36 Å². The van der Waals surface area contributed by atoms with E-state index in [1.807, 2.05) is 0 Å². The zero-order chi connectivity index (χ0) is 20.3. The van der Waals surface area contributed by atoms with Crippen LogP contribution in [0.2, 0.25) is 0 Å². The van der Waals surface area contributed by atoms with Crippen LogP contribution in [-0.4, -0.2) is 65.5 Å². The van der Waals surface area contributed by atoms with Crippen molar-refractivity contribution in [2.45, 2.75) is 57.1 Å². The van der Waals surface area contributed by atoms with Crippen molar-refractivity contribution in [1.29, 1.82) is 0 Å². The molecule has 0 radical (unpaired) electrons. The normalized spacial score (nSPS) is 24.3. The van der Waals surface area contributed by atoms with Crippen molar-refractivity contribution >= 4 is 22.8 Å². The second kappa shape index (κ2) is 8.62. The molecule has 10 nitrogen and oxygen atoms in total. The van der Waals surface area contributed by atoms with Gasteiger partial charge < -0.3 is 25.8 Å². The van der Waals surface area contributed by atoms with E-state index >= 15 is 0 Å². The van der Waals surface area contributed by atoms with E-state index in [0.29, 0.717) is 6.42 Å². The quantitative estimate of drug-likeness (QED) is 0.378. The van der Waals surface area contributed by atoms with Gasteiger partial charge in [0.1, 0.15) is 23.8 Å². The second-order valence-corrected chi connectivity index (χ2v) is 6.62. The third-order valence-electron chi connectivity index (χ3n) is 4.56. The van der Waals surface area contributed by atoms with Crippen molar-refractivity contribution in [3.8, 4) is 11.8 Å². The van der Waals surface area contributed by atoms with Gasteiger partial charge in [0.2, 0.25) is 11.6 Å². The van der Waals surface area contributed by atoms with Crippen molar-refractivity contribution in [2.75, 3.05) is 12.3 Å². The van der Waals surface area contributed by atoms with Crippen molar-refractivity contribution in [3.63, 3.8) is 0 Å². The second-order valence-electron chi connectivity index (χ2n) is 6.62. The lowest BCUT2D eigenvalue weighted by atomic mass is 10.1. The molecule has 2 aromatic rings. The van der Waals surface area contributed by atoms with Crippen LogP contribution in [0.4, 0.5) is 5.82 Å². The molecule has 0 amide bonds. The number of nitrogens with two attached hydrogens (primary N) is 1. The maximum atomic E-state index is 11.8. The van der Waals surface area contributed by atoms with Gasteiger partial charge >= 0.3 is 0 Å². The number of imidazole rings is 1. The average Bonchev–Trinajstić information content (AvgIpc) is 3.22. The van der Waals surface area contributed by atoms with Gasteiger partial charge in [-0.05, 0) is 18.3 Å². The number of fused-ring (bicyclic) bond motifs is 1. The molecule has 0 spiro atoms. The summed E-state index contributed by atoms with van der Waals surface area (Å²) in [7, 11) is 0. The number of unbranched alkanes of at least 4 members (excludes halogenated alkanes) is 2. The first-order chi connectivity index (χ1) is 13.5. The monoisotopic (exact) mass is 389 g/mol. The van der Waals surface area contributed by atoms with Gasteiger partial charge in [-0.2, -0.15) is 0 Å². The SMILES string of the molecule is CCCCCC(=O)C#Cc1nc(N)c2ncn([C@@H]3O[C@H](CO)C(O)C3O)c2n1. The summed E-state index contributed by atoms with van der Waals surface area (Å²) >= 11 is 0. The number of ketones is 1. The van der Waals surface area contributed by atoms with Crippen LogP contribution in [0.3, 0.4) is 0 Å². The molecule has 4 atom stereocenters. The van der Waals surface area contributed by atoms with E-state index in [4.69, 9.17) is 10.5 Å². The number of rotatable bonds is 6. The molecule has 1 aliphatic rings. The maximum absolute atomic E-state index is 11.8. The van der Waals surface area contributed by atoms with E-state index in [1.165, 1.54) is 10.9 Å². The van der Waals surface area contributed by atoms with Crippen LogP contribution < -0.4 is 5.73 Å². The number of hydrogen-bond donors (Lipinski definition) is 4. The lowest BCUT2D eigenvalue weighted by molar-refractivity contribution is -0.113. The Morgan fingerprint density at radius 3 is 2.79 bits per heavy atom. The predicted molar refractivity (Wildman–Crippen MR) is 98.8 cm³/mol. The number of aliphatic hydroxyl groups excluding tert-OH is 3. The summed E-state index contributed by atoms with van der Waals surface area (Å²) in [5, 5.41) is 29.4. The summed E-state index contributed by atoms with van der Waals surface area (Å²) in [4.78, 5) is 24.3. The van der Waals surface area contributed by atoms with Crippen LogP contribution in [0.5, 0.6) is 0 Å². The molecular formula is C18H23N5O5. The number of aromatic nitrogens is 4. The minimum absolute atomic E-state index is 0.0438. The number of ether oxygens (including phenoxy) is 1. The lowest BCUT2D eigenvalue weighted by Crippen LogP contribution is -2.33. The molecule has 2 aromatic heterocycles. The zero-order valence-electron chi connectivity index (χ0n) is 15.4. The van der Waals surface area contributed by atoms with Crippen molar-refractivity contribution < 1.29 is 24.9 Å². The Bertz CT molecular complexity index is 918. The highest BCUT2D eigenvalue weighted by Crippen LogP contribution is 2.31. The number of nitrogen functional groups attached to an aromatic ring is 1. The molecule has 3 rings (SSSR count). The Kier molecular flexibility index (Phi) is 6.21. The van der Waals surface area contributed by atoms with E-state index in [2.05, 4.69) is 33.7 Å². The number of carbonyl (C=O) groups is 1. The van der Waals surface area contributed by atoms with E-state index in [9.17, 15) is 20.1 Å².